The second-order valence-electron chi connectivity index (χ2n) is 5.53. The molecule has 2 aromatic rings. The fourth-order valence-electron chi connectivity index (χ4n) is 2.90. The third-order valence-electron chi connectivity index (χ3n) is 3.96. The van der Waals surface area contributed by atoms with E-state index in [4.69, 9.17) is 0 Å². The van der Waals surface area contributed by atoms with Crippen molar-refractivity contribution in [3.63, 3.8) is 0 Å². The van der Waals surface area contributed by atoms with E-state index in [0.717, 1.165) is 12.8 Å². The zero-order valence-corrected chi connectivity index (χ0v) is 13.2. The molecule has 1 aromatic heterocycles. The standard InChI is InChI=1S/C18H21N.C2H4.H2/c1-3-6-16-11-15-10-9-14(12-18(15)19-16)17-8-5-4-7-13(17)2;1-2;/h4-5,8-13,19H,3,6-7H2,1-2H3;1-2H2;1H. The molecule has 1 unspecified atom stereocenters. The summed E-state index contributed by atoms with van der Waals surface area (Å²) < 4.78 is 0. The largest absolute Gasteiger partial charge is 0.358 e. The quantitative estimate of drug-likeness (QED) is 0.650. The Bertz CT molecular complexity index is 663. The summed E-state index contributed by atoms with van der Waals surface area (Å²) in [5, 5.41) is 1.33. The van der Waals surface area contributed by atoms with Gasteiger partial charge in [-0.15, -0.1) is 13.2 Å². The highest BCUT2D eigenvalue weighted by molar-refractivity contribution is 5.85. The van der Waals surface area contributed by atoms with Gasteiger partial charge in [-0.3, -0.25) is 0 Å². The molecular weight excluding hydrogens is 254 g/mol. The van der Waals surface area contributed by atoms with Gasteiger partial charge in [0.05, 0.1) is 0 Å². The number of nitrogens with one attached hydrogen (secondary N) is 1. The van der Waals surface area contributed by atoms with Gasteiger partial charge in [0.25, 0.3) is 0 Å². The maximum absolute atomic E-state index is 3.55. The molecule has 21 heavy (non-hydrogen) atoms. The summed E-state index contributed by atoms with van der Waals surface area (Å²) in [6.07, 6.45) is 10.1. The van der Waals surface area contributed by atoms with Crippen LogP contribution in [-0.4, -0.2) is 4.98 Å². The van der Waals surface area contributed by atoms with Crippen LogP contribution in [0.3, 0.4) is 0 Å². The Morgan fingerprint density at radius 2 is 2.10 bits per heavy atom. The number of hydrogen-bond acceptors (Lipinski definition) is 0. The number of rotatable bonds is 3. The molecule has 0 radical (unpaired) electrons. The van der Waals surface area contributed by atoms with Crippen molar-refractivity contribution < 1.29 is 1.43 Å². The van der Waals surface area contributed by atoms with Crippen LogP contribution in [0, 0.1) is 5.92 Å². The van der Waals surface area contributed by atoms with Crippen LogP contribution >= 0.6 is 0 Å². The van der Waals surface area contributed by atoms with Crippen molar-refractivity contribution in [1.82, 2.24) is 4.98 Å². The highest BCUT2D eigenvalue weighted by Gasteiger charge is 2.12. The van der Waals surface area contributed by atoms with Gasteiger partial charge in [-0.1, -0.05) is 50.6 Å². The first-order valence-corrected chi connectivity index (χ1v) is 7.76. The Labute approximate surface area is 129 Å². The Hall–Kier alpha value is -2.02. The SMILES string of the molecule is C=C.CCCc1cc2ccc(C3=CC=CCC3C)cc2[nH]1.[HH]. The molecule has 1 atom stereocenters. The number of benzene rings is 1. The van der Waals surface area contributed by atoms with Crippen LogP contribution in [0.4, 0.5) is 0 Å². The van der Waals surface area contributed by atoms with Crippen LogP contribution in [0.15, 0.2) is 55.7 Å². The summed E-state index contributed by atoms with van der Waals surface area (Å²) in [4.78, 5) is 3.55. The molecule has 1 aromatic carbocycles. The molecule has 1 aliphatic rings. The fraction of sp³-hybridized carbons (Fsp3) is 0.300. The third-order valence-corrected chi connectivity index (χ3v) is 3.96. The van der Waals surface area contributed by atoms with Crippen LogP contribution in [0.25, 0.3) is 16.5 Å². The van der Waals surface area contributed by atoms with Gasteiger partial charge in [0.2, 0.25) is 0 Å². The number of allylic oxidation sites excluding steroid dienone is 4. The molecule has 0 bridgehead atoms. The van der Waals surface area contributed by atoms with Gasteiger partial charge in [-0.2, -0.15) is 0 Å². The van der Waals surface area contributed by atoms with Crippen LogP contribution in [0.1, 0.15) is 39.4 Å². The molecule has 0 fully saturated rings. The van der Waals surface area contributed by atoms with Gasteiger partial charge in [0.15, 0.2) is 0 Å². The molecule has 1 heterocycles. The van der Waals surface area contributed by atoms with Crippen molar-refractivity contribution in [2.75, 3.05) is 0 Å². The monoisotopic (exact) mass is 281 g/mol. The lowest BCUT2D eigenvalue weighted by molar-refractivity contribution is 0.759. The van der Waals surface area contributed by atoms with Crippen molar-refractivity contribution >= 4 is 16.5 Å². The minimum Gasteiger partial charge on any atom is -0.358 e. The molecule has 0 aliphatic heterocycles. The smallest absolute Gasteiger partial charge is 0.0462 e. The van der Waals surface area contributed by atoms with Crippen LogP contribution in [-0.2, 0) is 6.42 Å². The van der Waals surface area contributed by atoms with Gasteiger partial charge < -0.3 is 4.98 Å². The van der Waals surface area contributed by atoms with Crippen molar-refractivity contribution in [1.29, 1.82) is 0 Å². The van der Waals surface area contributed by atoms with Crippen LogP contribution < -0.4 is 0 Å². The maximum Gasteiger partial charge on any atom is 0.0462 e. The lowest BCUT2D eigenvalue weighted by Crippen LogP contribution is -2.00. The predicted octanol–water partition coefficient (Wildman–Crippen LogP) is 6.15. The molecule has 112 valence electrons. The van der Waals surface area contributed by atoms with Gasteiger partial charge in [0.1, 0.15) is 0 Å². The maximum atomic E-state index is 3.55. The summed E-state index contributed by atoms with van der Waals surface area (Å²) >= 11 is 0. The highest BCUT2D eigenvalue weighted by atomic mass is 14.7. The van der Waals surface area contributed by atoms with Gasteiger partial charge in [-0.05, 0) is 47.4 Å². The summed E-state index contributed by atoms with van der Waals surface area (Å²) in [6, 6.07) is 9.08. The van der Waals surface area contributed by atoms with E-state index in [1.807, 2.05) is 0 Å². The number of H-pyrrole nitrogens is 1. The van der Waals surface area contributed by atoms with Gasteiger partial charge >= 0.3 is 0 Å². The summed E-state index contributed by atoms with van der Waals surface area (Å²) in [7, 11) is 0. The van der Waals surface area contributed by atoms with E-state index >= 15 is 0 Å². The predicted molar refractivity (Wildman–Crippen MR) is 96.6 cm³/mol. The molecule has 1 nitrogen and oxygen atoms in total. The van der Waals surface area contributed by atoms with Crippen LogP contribution in [0.2, 0.25) is 0 Å². The molecule has 0 amide bonds. The Kier molecular flexibility index (Phi) is 5.21. The minimum absolute atomic E-state index is 0. The number of aromatic nitrogens is 1. The van der Waals surface area contributed by atoms with Gasteiger partial charge in [-0.25, -0.2) is 0 Å². The second-order valence-corrected chi connectivity index (χ2v) is 5.53. The van der Waals surface area contributed by atoms with E-state index < -0.39 is 0 Å². The van der Waals surface area contributed by atoms with Crippen molar-refractivity contribution in [2.45, 2.75) is 33.1 Å². The van der Waals surface area contributed by atoms with Gasteiger partial charge in [0, 0.05) is 12.6 Å². The normalized spacial score (nSPS) is 17.2. The molecule has 0 saturated heterocycles. The average Bonchev–Trinajstić information content (AvgIpc) is 2.91. The molecule has 1 heteroatoms. The Morgan fingerprint density at radius 1 is 1.29 bits per heavy atom. The first-order valence-electron chi connectivity index (χ1n) is 7.76. The lowest BCUT2D eigenvalue weighted by atomic mass is 9.88. The number of aryl methyl sites for hydroxylation is 1. The molecule has 0 spiro atoms. The van der Waals surface area contributed by atoms with E-state index in [9.17, 15) is 0 Å². The lowest BCUT2D eigenvalue weighted by Gasteiger charge is -2.17. The van der Waals surface area contributed by atoms with E-state index in [1.54, 1.807) is 0 Å². The zero-order chi connectivity index (χ0) is 15.2. The molecule has 0 saturated carbocycles. The van der Waals surface area contributed by atoms with E-state index in [-0.39, 0.29) is 1.43 Å². The van der Waals surface area contributed by atoms with Crippen molar-refractivity contribution in [2.24, 2.45) is 5.92 Å². The Balaban J connectivity index is 0.000000775. The summed E-state index contributed by atoms with van der Waals surface area (Å²) in [5.41, 5.74) is 5.43. The number of fused-ring (bicyclic) bond motifs is 1. The number of aromatic amines is 1. The number of hydrogen-bond donors (Lipinski definition) is 1. The average molecular weight is 281 g/mol. The minimum atomic E-state index is 0. The molecule has 1 N–H and O–H groups in total. The zero-order valence-electron chi connectivity index (χ0n) is 13.2. The van der Waals surface area contributed by atoms with E-state index in [1.165, 1.54) is 34.2 Å². The Morgan fingerprint density at radius 3 is 2.81 bits per heavy atom. The van der Waals surface area contributed by atoms with Crippen molar-refractivity contribution in [3.8, 4) is 0 Å². The second kappa shape index (κ2) is 7.12. The van der Waals surface area contributed by atoms with Crippen LogP contribution in [0.5, 0.6) is 0 Å². The molecular formula is C20H27N. The molecule has 3 rings (SSSR count). The topological polar surface area (TPSA) is 15.8 Å². The molecule has 1 aliphatic carbocycles. The first kappa shape index (κ1) is 15.4. The summed E-state index contributed by atoms with van der Waals surface area (Å²) in [5.74, 6) is 0.618. The van der Waals surface area contributed by atoms with E-state index in [0.29, 0.717) is 5.92 Å². The third kappa shape index (κ3) is 3.36. The first-order chi connectivity index (χ1) is 10.3. The fourth-order valence-corrected chi connectivity index (χ4v) is 2.90. The summed E-state index contributed by atoms with van der Waals surface area (Å²) in [6.45, 7) is 10.5. The van der Waals surface area contributed by atoms with E-state index in [2.05, 4.69) is 74.5 Å². The van der Waals surface area contributed by atoms with Crippen molar-refractivity contribution in [3.05, 3.63) is 66.9 Å². The highest BCUT2D eigenvalue weighted by Crippen LogP contribution is 2.31.